The van der Waals surface area contributed by atoms with E-state index in [4.69, 9.17) is 28.2 Å². The summed E-state index contributed by atoms with van der Waals surface area (Å²) in [4.78, 5) is 19.4. The number of amides is 1. The van der Waals surface area contributed by atoms with Crippen molar-refractivity contribution >= 4 is 52.3 Å². The van der Waals surface area contributed by atoms with Crippen molar-refractivity contribution in [2.45, 2.75) is 23.3 Å². The molecule has 0 aliphatic carbocycles. The van der Waals surface area contributed by atoms with Gasteiger partial charge in [0.15, 0.2) is 0 Å². The molecule has 6 heteroatoms. The molecule has 0 saturated carbocycles. The molecule has 0 bridgehead atoms. The van der Waals surface area contributed by atoms with Crippen LogP contribution in [0.4, 0.5) is 5.69 Å². The largest absolute Gasteiger partial charge is 0.348 e. The van der Waals surface area contributed by atoms with E-state index in [2.05, 4.69) is 5.32 Å². The molecule has 0 radical (unpaired) electrons. The number of benzene rings is 3. The molecule has 0 atom stereocenters. The molecule has 3 aromatic carbocycles. The molecule has 0 aromatic heterocycles. The van der Waals surface area contributed by atoms with Crippen molar-refractivity contribution in [3.63, 3.8) is 0 Å². The summed E-state index contributed by atoms with van der Waals surface area (Å²) in [6.07, 6.45) is 0. The van der Waals surface area contributed by atoms with Gasteiger partial charge in [-0.2, -0.15) is 0 Å². The van der Waals surface area contributed by atoms with E-state index in [1.165, 1.54) is 0 Å². The monoisotopic (exact) mass is 426 g/mol. The summed E-state index contributed by atoms with van der Waals surface area (Å²) in [5.41, 5.74) is 4.25. The molecule has 0 saturated heterocycles. The van der Waals surface area contributed by atoms with E-state index >= 15 is 0 Å². The first kappa shape index (κ1) is 19.1. The predicted octanol–water partition coefficient (Wildman–Crippen LogP) is 6.53. The summed E-state index contributed by atoms with van der Waals surface area (Å²) in [6, 6.07) is 18.8. The maximum atomic E-state index is 12.6. The van der Waals surface area contributed by atoms with Crippen LogP contribution in [0.3, 0.4) is 0 Å². The van der Waals surface area contributed by atoms with Crippen molar-refractivity contribution in [3.05, 3.63) is 87.4 Å². The molecule has 1 heterocycles. The standard InChI is InChI=1S/C22H16Cl2N2OS/c1-13-18-11-17(24)7-9-20(18)28-21-8-4-15(10-19(21)26-13)22(27)25-12-14-2-5-16(23)6-3-14/h2-11H,12H2,1H3,(H,25,27). The normalized spacial score (nSPS) is 12.5. The van der Waals surface area contributed by atoms with Crippen molar-refractivity contribution in [1.82, 2.24) is 5.32 Å². The van der Waals surface area contributed by atoms with Crippen LogP contribution in [0.5, 0.6) is 0 Å². The van der Waals surface area contributed by atoms with E-state index in [1.807, 2.05) is 67.6 Å². The maximum absolute atomic E-state index is 12.6. The summed E-state index contributed by atoms with van der Waals surface area (Å²) in [5, 5.41) is 4.30. The van der Waals surface area contributed by atoms with Gasteiger partial charge in [-0.25, -0.2) is 0 Å². The molecular formula is C22H16Cl2N2OS. The number of carbonyl (C=O) groups excluding carboxylic acids is 1. The number of nitrogens with zero attached hydrogens (tertiary/aromatic N) is 1. The third kappa shape index (κ3) is 4.09. The van der Waals surface area contributed by atoms with Crippen molar-refractivity contribution in [1.29, 1.82) is 0 Å². The van der Waals surface area contributed by atoms with E-state index < -0.39 is 0 Å². The smallest absolute Gasteiger partial charge is 0.251 e. The Morgan fingerprint density at radius 1 is 0.964 bits per heavy atom. The highest BCUT2D eigenvalue weighted by molar-refractivity contribution is 7.99. The predicted molar refractivity (Wildman–Crippen MR) is 117 cm³/mol. The second-order valence-corrected chi connectivity index (χ2v) is 8.39. The van der Waals surface area contributed by atoms with Crippen LogP contribution in [-0.4, -0.2) is 11.6 Å². The number of halogens is 2. The first-order valence-electron chi connectivity index (χ1n) is 8.69. The minimum atomic E-state index is -0.139. The number of nitrogens with one attached hydrogen (secondary N) is 1. The van der Waals surface area contributed by atoms with Crippen molar-refractivity contribution in [2.75, 3.05) is 0 Å². The van der Waals surface area contributed by atoms with Crippen molar-refractivity contribution < 1.29 is 4.79 Å². The SMILES string of the molecule is CC1=Nc2cc(C(=O)NCc3ccc(Cl)cc3)ccc2Sc2ccc(Cl)cc21. The Morgan fingerprint density at radius 2 is 1.68 bits per heavy atom. The van der Waals surface area contributed by atoms with Crippen LogP contribution in [0.2, 0.25) is 10.0 Å². The van der Waals surface area contributed by atoms with E-state index in [1.54, 1.807) is 11.8 Å². The minimum Gasteiger partial charge on any atom is -0.348 e. The molecule has 4 rings (SSSR count). The van der Waals surface area contributed by atoms with Crippen LogP contribution < -0.4 is 5.32 Å². The molecule has 1 aliphatic rings. The molecule has 1 amide bonds. The third-order valence-electron chi connectivity index (χ3n) is 4.43. The van der Waals surface area contributed by atoms with E-state index in [0.29, 0.717) is 22.2 Å². The Labute approximate surface area is 177 Å². The third-order valence-corrected chi connectivity index (χ3v) is 6.06. The zero-order chi connectivity index (χ0) is 19.7. The molecule has 0 spiro atoms. The van der Waals surface area contributed by atoms with Crippen LogP contribution in [0.1, 0.15) is 28.4 Å². The fourth-order valence-corrected chi connectivity index (χ4v) is 4.29. The zero-order valence-corrected chi connectivity index (χ0v) is 17.3. The van der Waals surface area contributed by atoms with Gasteiger partial charge in [0.05, 0.1) is 5.69 Å². The molecule has 28 heavy (non-hydrogen) atoms. The molecule has 3 nitrogen and oxygen atoms in total. The zero-order valence-electron chi connectivity index (χ0n) is 15.0. The van der Waals surface area contributed by atoms with Gasteiger partial charge in [0.1, 0.15) is 0 Å². The van der Waals surface area contributed by atoms with E-state index in [-0.39, 0.29) is 5.91 Å². The summed E-state index contributed by atoms with van der Waals surface area (Å²) in [5.74, 6) is -0.139. The molecule has 140 valence electrons. The van der Waals surface area contributed by atoms with Crippen molar-refractivity contribution in [3.8, 4) is 0 Å². The molecule has 1 aliphatic heterocycles. The van der Waals surface area contributed by atoms with Gasteiger partial charge < -0.3 is 5.32 Å². The Balaban J connectivity index is 1.57. The molecule has 0 unspecified atom stereocenters. The van der Waals surface area contributed by atoms with Crippen LogP contribution in [-0.2, 0) is 6.54 Å². The van der Waals surface area contributed by atoms with Gasteiger partial charge in [-0.15, -0.1) is 0 Å². The lowest BCUT2D eigenvalue weighted by Crippen LogP contribution is -2.22. The summed E-state index contributed by atoms with van der Waals surface area (Å²) in [6.45, 7) is 2.40. The van der Waals surface area contributed by atoms with Crippen LogP contribution in [0.15, 0.2) is 75.4 Å². The lowest BCUT2D eigenvalue weighted by atomic mass is 10.1. The van der Waals surface area contributed by atoms with Gasteiger partial charge >= 0.3 is 0 Å². The average Bonchev–Trinajstić information content (AvgIpc) is 2.82. The van der Waals surface area contributed by atoms with Gasteiger partial charge in [-0.05, 0) is 61.0 Å². The fraction of sp³-hybridized carbons (Fsp3) is 0.0909. The number of rotatable bonds is 3. The quantitative estimate of drug-likeness (QED) is 0.517. The number of carbonyl (C=O) groups is 1. The van der Waals surface area contributed by atoms with E-state index in [9.17, 15) is 4.79 Å². The van der Waals surface area contributed by atoms with Crippen LogP contribution in [0, 0.1) is 0 Å². The van der Waals surface area contributed by atoms with Gasteiger partial charge in [-0.1, -0.05) is 47.1 Å². The van der Waals surface area contributed by atoms with Gasteiger partial charge in [0.25, 0.3) is 5.91 Å². The number of fused-ring (bicyclic) bond motifs is 2. The number of aliphatic imine (C=N–C) groups is 1. The van der Waals surface area contributed by atoms with E-state index in [0.717, 1.165) is 32.3 Å². The summed E-state index contributed by atoms with van der Waals surface area (Å²) in [7, 11) is 0. The summed E-state index contributed by atoms with van der Waals surface area (Å²) >= 11 is 13.7. The second-order valence-electron chi connectivity index (χ2n) is 6.43. The molecule has 0 fully saturated rings. The van der Waals surface area contributed by atoms with Crippen molar-refractivity contribution in [2.24, 2.45) is 4.99 Å². The second kappa shape index (κ2) is 8.00. The highest BCUT2D eigenvalue weighted by atomic mass is 35.5. The van der Waals surface area contributed by atoms with Crippen LogP contribution >= 0.6 is 35.0 Å². The molecule has 3 aromatic rings. The summed E-state index contributed by atoms with van der Waals surface area (Å²) < 4.78 is 0. The highest BCUT2D eigenvalue weighted by Gasteiger charge is 2.17. The number of hydrogen-bond donors (Lipinski definition) is 1. The van der Waals surface area contributed by atoms with Crippen LogP contribution in [0.25, 0.3) is 0 Å². The van der Waals surface area contributed by atoms with Gasteiger partial charge in [0, 0.05) is 43.2 Å². The highest BCUT2D eigenvalue weighted by Crippen LogP contribution is 2.41. The lowest BCUT2D eigenvalue weighted by molar-refractivity contribution is 0.0951. The average molecular weight is 427 g/mol. The van der Waals surface area contributed by atoms with Gasteiger partial charge in [-0.3, -0.25) is 9.79 Å². The Hall–Kier alpha value is -2.27. The Morgan fingerprint density at radius 3 is 2.46 bits per heavy atom. The maximum Gasteiger partial charge on any atom is 0.251 e. The Bertz CT molecular complexity index is 1090. The molecule has 1 N–H and O–H groups in total. The topological polar surface area (TPSA) is 41.5 Å². The fourth-order valence-electron chi connectivity index (χ4n) is 2.95. The minimum absolute atomic E-state index is 0.139. The lowest BCUT2D eigenvalue weighted by Gasteiger charge is -2.08. The van der Waals surface area contributed by atoms with Gasteiger partial charge in [0.2, 0.25) is 0 Å². The molecular weight excluding hydrogens is 411 g/mol. The first-order chi connectivity index (χ1) is 13.5. The first-order valence-corrected chi connectivity index (χ1v) is 10.3. The number of hydrogen-bond acceptors (Lipinski definition) is 3. The Kier molecular flexibility index (Phi) is 5.44.